The summed E-state index contributed by atoms with van der Waals surface area (Å²) in [6.45, 7) is -0.355. The molecule has 0 aliphatic carbocycles. The van der Waals surface area contributed by atoms with Crippen LogP contribution in [0.25, 0.3) is 0 Å². The number of hydrogen-bond acceptors (Lipinski definition) is 1. The third kappa shape index (κ3) is 4.09. The van der Waals surface area contributed by atoms with Gasteiger partial charge in [0.15, 0.2) is 0 Å². The molecule has 1 heterocycles. The molecule has 1 aliphatic rings. The second-order valence-electron chi connectivity index (χ2n) is 6.25. The third-order valence-corrected chi connectivity index (χ3v) is 5.66. The number of carbonyl (C=O) groups is 1. The van der Waals surface area contributed by atoms with E-state index in [2.05, 4.69) is 0 Å². The molecule has 2 rings (SSSR count). The zero-order chi connectivity index (χ0) is 19.8. The fourth-order valence-electron chi connectivity index (χ4n) is 3.03. The van der Waals surface area contributed by atoms with E-state index in [0.717, 1.165) is 0 Å². The van der Waals surface area contributed by atoms with Crippen LogP contribution in [-0.2, 0) is 0 Å². The van der Waals surface area contributed by atoms with Crippen molar-refractivity contribution in [3.05, 3.63) is 35.9 Å². The van der Waals surface area contributed by atoms with Crippen LogP contribution in [0.15, 0.2) is 30.3 Å². The molecular weight excluding hydrogens is 482 g/mol. The van der Waals surface area contributed by atoms with E-state index in [1.54, 1.807) is 18.2 Å². The molecule has 0 bridgehead atoms. The first-order valence-corrected chi connectivity index (χ1v) is 9.16. The SMILES string of the molecule is O=C(c1ccccc1)N1C[C@H](CI)[C@H](CC(F)(C(F)(F)F)C(F)(F)F)C1. The van der Waals surface area contributed by atoms with Crippen molar-refractivity contribution >= 4 is 28.5 Å². The molecule has 0 spiro atoms. The van der Waals surface area contributed by atoms with Crippen LogP contribution in [0.5, 0.6) is 0 Å². The predicted molar refractivity (Wildman–Crippen MR) is 88.8 cm³/mol. The van der Waals surface area contributed by atoms with E-state index in [1.165, 1.54) is 17.0 Å². The Morgan fingerprint density at radius 3 is 1.92 bits per heavy atom. The first kappa shape index (κ1) is 21.2. The van der Waals surface area contributed by atoms with Gasteiger partial charge in [0.05, 0.1) is 0 Å². The predicted octanol–water partition coefficient (Wildman–Crippen LogP) is 5.03. The standard InChI is InChI=1S/C16H15F7INO/c17-14(15(18,19)20,16(21,22)23)6-11-8-25(9-12(11)7-24)13(26)10-4-2-1-3-5-10/h1-5,11-12H,6-9H2/t11-,12+/m1/s1. The smallest absolute Gasteiger partial charge is 0.338 e. The van der Waals surface area contributed by atoms with Gasteiger partial charge in [0.2, 0.25) is 0 Å². The Morgan fingerprint density at radius 2 is 1.46 bits per heavy atom. The Morgan fingerprint density at radius 1 is 0.962 bits per heavy atom. The minimum Gasteiger partial charge on any atom is -0.338 e. The highest BCUT2D eigenvalue weighted by molar-refractivity contribution is 14.1. The number of rotatable bonds is 4. The van der Waals surface area contributed by atoms with Crippen molar-refractivity contribution in [3.8, 4) is 0 Å². The maximum absolute atomic E-state index is 14.1. The second-order valence-corrected chi connectivity index (χ2v) is 7.13. The second kappa shape index (κ2) is 7.51. The molecule has 1 aromatic carbocycles. The van der Waals surface area contributed by atoms with Crippen molar-refractivity contribution in [2.24, 2.45) is 11.8 Å². The van der Waals surface area contributed by atoms with Crippen molar-refractivity contribution < 1.29 is 35.5 Å². The summed E-state index contributed by atoms with van der Waals surface area (Å²) in [7, 11) is 0. The quantitative estimate of drug-likeness (QED) is 0.325. The van der Waals surface area contributed by atoms with E-state index in [4.69, 9.17) is 0 Å². The largest absolute Gasteiger partial charge is 0.431 e. The summed E-state index contributed by atoms with van der Waals surface area (Å²) < 4.78 is 91.2. The van der Waals surface area contributed by atoms with Gasteiger partial charge < -0.3 is 4.90 Å². The minimum atomic E-state index is -6.07. The molecule has 1 amide bonds. The average molecular weight is 497 g/mol. The lowest BCUT2D eigenvalue weighted by Gasteiger charge is -2.33. The molecule has 0 N–H and O–H groups in total. The van der Waals surface area contributed by atoms with Crippen LogP contribution in [0.2, 0.25) is 0 Å². The van der Waals surface area contributed by atoms with E-state index in [1.807, 2.05) is 22.6 Å². The lowest BCUT2D eigenvalue weighted by atomic mass is 9.85. The van der Waals surface area contributed by atoms with E-state index in [-0.39, 0.29) is 23.1 Å². The molecule has 1 aliphatic heterocycles. The van der Waals surface area contributed by atoms with Crippen LogP contribution in [-0.4, -0.2) is 46.3 Å². The van der Waals surface area contributed by atoms with Crippen LogP contribution < -0.4 is 0 Å². The Bertz CT molecular complexity index is 618. The fraction of sp³-hybridized carbons (Fsp3) is 0.562. The summed E-state index contributed by atoms with van der Waals surface area (Å²) >= 11 is 1.82. The number of likely N-dealkylation sites (tertiary alicyclic amines) is 1. The fourth-order valence-corrected chi connectivity index (χ4v) is 4.03. The Kier molecular flexibility index (Phi) is 6.13. The minimum absolute atomic E-state index is 0.00682. The molecule has 0 unspecified atom stereocenters. The summed E-state index contributed by atoms with van der Waals surface area (Å²) in [4.78, 5) is 13.6. The molecule has 1 saturated heterocycles. The number of hydrogen-bond donors (Lipinski definition) is 0. The Labute approximate surface area is 158 Å². The number of nitrogens with zero attached hydrogens (tertiary/aromatic N) is 1. The van der Waals surface area contributed by atoms with Gasteiger partial charge in [-0.1, -0.05) is 40.8 Å². The first-order valence-electron chi connectivity index (χ1n) is 7.63. The Balaban J connectivity index is 2.22. The highest BCUT2D eigenvalue weighted by Gasteiger charge is 2.73. The van der Waals surface area contributed by atoms with Crippen molar-refractivity contribution in [2.75, 3.05) is 17.5 Å². The molecule has 0 aromatic heterocycles. The van der Waals surface area contributed by atoms with Gasteiger partial charge in [0.25, 0.3) is 11.6 Å². The highest BCUT2D eigenvalue weighted by Crippen LogP contribution is 2.51. The molecule has 26 heavy (non-hydrogen) atoms. The van der Waals surface area contributed by atoms with Gasteiger partial charge in [-0.15, -0.1) is 0 Å². The van der Waals surface area contributed by atoms with Gasteiger partial charge in [-0.2, -0.15) is 26.3 Å². The van der Waals surface area contributed by atoms with Crippen LogP contribution in [0.4, 0.5) is 30.7 Å². The van der Waals surface area contributed by atoms with E-state index < -0.39 is 42.2 Å². The van der Waals surface area contributed by atoms with E-state index >= 15 is 0 Å². The average Bonchev–Trinajstić information content (AvgIpc) is 2.95. The van der Waals surface area contributed by atoms with E-state index in [9.17, 15) is 35.5 Å². The van der Waals surface area contributed by atoms with Gasteiger partial charge in [0.1, 0.15) is 0 Å². The van der Waals surface area contributed by atoms with E-state index in [0.29, 0.717) is 0 Å². The summed E-state index contributed by atoms with van der Waals surface area (Å²) in [5.74, 6) is -2.39. The van der Waals surface area contributed by atoms with Gasteiger partial charge >= 0.3 is 12.4 Å². The summed E-state index contributed by atoms with van der Waals surface area (Å²) in [5, 5.41) is 0. The normalized spacial score (nSPS) is 21.9. The zero-order valence-corrected chi connectivity index (χ0v) is 15.4. The topological polar surface area (TPSA) is 20.3 Å². The highest BCUT2D eigenvalue weighted by atomic mass is 127. The van der Waals surface area contributed by atoms with Gasteiger partial charge in [-0.3, -0.25) is 4.79 Å². The summed E-state index contributed by atoms with van der Waals surface area (Å²) in [6.07, 6.45) is -13.9. The third-order valence-electron chi connectivity index (χ3n) is 4.52. The number of benzene rings is 1. The van der Waals surface area contributed by atoms with Crippen molar-refractivity contribution in [1.82, 2.24) is 4.90 Å². The van der Waals surface area contributed by atoms with Crippen LogP contribution in [0, 0.1) is 11.8 Å². The zero-order valence-electron chi connectivity index (χ0n) is 13.2. The number of halogens is 8. The number of carbonyl (C=O) groups excluding carboxylic acids is 1. The molecule has 146 valence electrons. The van der Waals surface area contributed by atoms with Crippen LogP contribution in [0.3, 0.4) is 0 Å². The van der Waals surface area contributed by atoms with Gasteiger partial charge in [-0.25, -0.2) is 4.39 Å². The first-order chi connectivity index (χ1) is 11.9. The number of amides is 1. The molecule has 1 fully saturated rings. The summed E-state index contributed by atoms with van der Waals surface area (Å²) in [6, 6.07) is 7.85. The molecular formula is C16H15F7INO. The number of alkyl halides is 8. The lowest BCUT2D eigenvalue weighted by molar-refractivity contribution is -0.346. The van der Waals surface area contributed by atoms with Crippen LogP contribution >= 0.6 is 22.6 Å². The molecule has 10 heteroatoms. The monoisotopic (exact) mass is 497 g/mol. The van der Waals surface area contributed by atoms with Gasteiger partial charge in [-0.05, 0) is 24.0 Å². The molecule has 0 radical (unpaired) electrons. The maximum Gasteiger partial charge on any atom is 0.431 e. The molecule has 2 nitrogen and oxygen atoms in total. The Hall–Kier alpha value is -1.07. The van der Waals surface area contributed by atoms with Crippen molar-refractivity contribution in [1.29, 1.82) is 0 Å². The van der Waals surface area contributed by atoms with Crippen molar-refractivity contribution in [3.63, 3.8) is 0 Å². The lowest BCUT2D eigenvalue weighted by Crippen LogP contribution is -2.54. The molecule has 1 aromatic rings. The molecule has 2 atom stereocenters. The summed E-state index contributed by atoms with van der Waals surface area (Å²) in [5.41, 5.74) is -5.01. The van der Waals surface area contributed by atoms with Crippen LogP contribution in [0.1, 0.15) is 16.8 Å². The maximum atomic E-state index is 14.1. The van der Waals surface area contributed by atoms with Gasteiger partial charge in [0, 0.05) is 29.5 Å². The molecule has 0 saturated carbocycles. The van der Waals surface area contributed by atoms with Crippen molar-refractivity contribution in [2.45, 2.75) is 24.4 Å².